The van der Waals surface area contributed by atoms with Gasteiger partial charge in [-0.1, -0.05) is 27.2 Å². The molecular weight excluding hydrogens is 248 g/mol. The molecule has 2 unspecified atom stereocenters. The highest BCUT2D eigenvalue weighted by molar-refractivity contribution is 4.90. The average molecular weight is 282 g/mol. The van der Waals surface area contributed by atoms with E-state index in [0.717, 1.165) is 38.1 Å². The lowest BCUT2D eigenvalue weighted by molar-refractivity contribution is 0.0813. The van der Waals surface area contributed by atoms with Crippen molar-refractivity contribution in [2.75, 3.05) is 45.9 Å². The first-order valence-electron chi connectivity index (χ1n) is 8.64. The number of hydrogen-bond donors (Lipinski definition) is 1. The summed E-state index contributed by atoms with van der Waals surface area (Å²) < 4.78 is 5.75. The van der Waals surface area contributed by atoms with Gasteiger partial charge in [-0.2, -0.15) is 0 Å². The molecule has 20 heavy (non-hydrogen) atoms. The van der Waals surface area contributed by atoms with Crippen LogP contribution in [-0.4, -0.2) is 50.8 Å². The Morgan fingerprint density at radius 3 is 2.90 bits per heavy atom. The number of rotatable bonds is 7. The van der Waals surface area contributed by atoms with Crippen LogP contribution in [0.5, 0.6) is 0 Å². The molecule has 1 N–H and O–H groups in total. The number of likely N-dealkylation sites (tertiary alicyclic amines) is 1. The van der Waals surface area contributed by atoms with E-state index in [1.807, 2.05) is 0 Å². The third-order valence-corrected chi connectivity index (χ3v) is 4.98. The van der Waals surface area contributed by atoms with E-state index in [0.29, 0.717) is 5.41 Å². The molecule has 3 nitrogen and oxygen atoms in total. The first-order valence-corrected chi connectivity index (χ1v) is 8.64. The third-order valence-electron chi connectivity index (χ3n) is 4.98. The summed E-state index contributed by atoms with van der Waals surface area (Å²) in [5, 5.41) is 3.68. The largest absolute Gasteiger partial charge is 0.381 e. The average Bonchev–Trinajstić information content (AvgIpc) is 2.87. The number of nitrogens with zero attached hydrogens (tertiary/aromatic N) is 1. The van der Waals surface area contributed by atoms with E-state index in [9.17, 15) is 0 Å². The van der Waals surface area contributed by atoms with Gasteiger partial charge in [0.1, 0.15) is 0 Å². The summed E-state index contributed by atoms with van der Waals surface area (Å²) in [7, 11) is 0. The van der Waals surface area contributed by atoms with Gasteiger partial charge < -0.3 is 15.0 Å². The second kappa shape index (κ2) is 7.77. The van der Waals surface area contributed by atoms with E-state index in [1.54, 1.807) is 0 Å². The molecule has 0 radical (unpaired) electrons. The predicted octanol–water partition coefficient (Wildman–Crippen LogP) is 2.76. The van der Waals surface area contributed by atoms with Crippen LogP contribution in [0.4, 0.5) is 0 Å². The van der Waals surface area contributed by atoms with Crippen LogP contribution in [0.15, 0.2) is 0 Å². The topological polar surface area (TPSA) is 24.5 Å². The van der Waals surface area contributed by atoms with E-state index < -0.39 is 0 Å². The van der Waals surface area contributed by atoms with E-state index in [1.165, 1.54) is 45.3 Å². The fourth-order valence-electron chi connectivity index (χ4n) is 3.70. The minimum atomic E-state index is 0.366. The minimum absolute atomic E-state index is 0.366. The molecule has 0 aromatic rings. The lowest BCUT2D eigenvalue weighted by Crippen LogP contribution is -2.48. The fourth-order valence-corrected chi connectivity index (χ4v) is 3.70. The van der Waals surface area contributed by atoms with Gasteiger partial charge >= 0.3 is 0 Å². The normalized spacial score (nSPS) is 32.1. The predicted molar refractivity (Wildman–Crippen MR) is 85.0 cm³/mol. The van der Waals surface area contributed by atoms with Gasteiger partial charge in [0.25, 0.3) is 0 Å². The molecule has 0 amide bonds. The molecule has 2 heterocycles. The monoisotopic (exact) mass is 282 g/mol. The summed E-state index contributed by atoms with van der Waals surface area (Å²) in [5.41, 5.74) is 0.366. The second-order valence-electron chi connectivity index (χ2n) is 7.48. The lowest BCUT2D eigenvalue weighted by Gasteiger charge is -2.39. The van der Waals surface area contributed by atoms with Gasteiger partial charge in [0.15, 0.2) is 0 Å². The van der Waals surface area contributed by atoms with Crippen molar-refractivity contribution in [1.82, 2.24) is 10.2 Å². The van der Waals surface area contributed by atoms with Crippen LogP contribution in [0, 0.1) is 17.3 Å². The molecule has 2 atom stereocenters. The summed E-state index contributed by atoms with van der Waals surface area (Å²) in [4.78, 5) is 2.71. The number of hydrogen-bond acceptors (Lipinski definition) is 3. The number of nitrogens with one attached hydrogen (secondary N) is 1. The first-order chi connectivity index (χ1) is 9.63. The quantitative estimate of drug-likeness (QED) is 0.777. The van der Waals surface area contributed by atoms with Gasteiger partial charge in [-0.15, -0.1) is 0 Å². The first kappa shape index (κ1) is 16.3. The Balaban J connectivity index is 1.84. The maximum absolute atomic E-state index is 5.75. The molecule has 0 saturated carbocycles. The molecule has 2 saturated heterocycles. The molecule has 0 aromatic carbocycles. The molecule has 2 aliphatic heterocycles. The van der Waals surface area contributed by atoms with Crippen molar-refractivity contribution >= 4 is 0 Å². The molecule has 2 aliphatic rings. The van der Waals surface area contributed by atoms with Gasteiger partial charge in [0.05, 0.1) is 6.61 Å². The van der Waals surface area contributed by atoms with Crippen LogP contribution in [-0.2, 0) is 4.74 Å². The van der Waals surface area contributed by atoms with Crippen LogP contribution in [0.2, 0.25) is 0 Å². The van der Waals surface area contributed by atoms with E-state index in [4.69, 9.17) is 4.74 Å². The smallest absolute Gasteiger partial charge is 0.0547 e. The van der Waals surface area contributed by atoms with Crippen LogP contribution in [0.25, 0.3) is 0 Å². The van der Waals surface area contributed by atoms with Gasteiger partial charge in [-0.05, 0) is 44.2 Å². The third kappa shape index (κ3) is 4.71. The Hall–Kier alpha value is -0.120. The Bertz CT molecular complexity index is 274. The zero-order chi connectivity index (χ0) is 14.4. The number of ether oxygens (including phenoxy) is 1. The van der Waals surface area contributed by atoms with E-state index in [2.05, 4.69) is 31.0 Å². The highest BCUT2D eigenvalue weighted by Gasteiger charge is 2.37. The Kier molecular flexibility index (Phi) is 6.31. The summed E-state index contributed by atoms with van der Waals surface area (Å²) >= 11 is 0. The molecule has 0 aliphatic carbocycles. The highest BCUT2D eigenvalue weighted by Crippen LogP contribution is 2.31. The van der Waals surface area contributed by atoms with Crippen LogP contribution in [0.1, 0.15) is 46.5 Å². The maximum Gasteiger partial charge on any atom is 0.0547 e. The lowest BCUT2D eigenvalue weighted by atomic mass is 9.84. The SMILES string of the molecule is CCC1CCCN(CC2(CNCC(C)C)CCOC2)C1. The van der Waals surface area contributed by atoms with Gasteiger partial charge in [0, 0.05) is 31.7 Å². The van der Waals surface area contributed by atoms with E-state index in [-0.39, 0.29) is 0 Å². The zero-order valence-corrected chi connectivity index (χ0v) is 13.8. The van der Waals surface area contributed by atoms with Crippen molar-refractivity contribution < 1.29 is 4.74 Å². The Labute approximate surface area is 125 Å². The van der Waals surface area contributed by atoms with Crippen molar-refractivity contribution in [3.63, 3.8) is 0 Å². The molecule has 3 heteroatoms. The minimum Gasteiger partial charge on any atom is -0.381 e. The van der Waals surface area contributed by atoms with E-state index >= 15 is 0 Å². The second-order valence-corrected chi connectivity index (χ2v) is 7.48. The molecule has 0 bridgehead atoms. The van der Waals surface area contributed by atoms with Crippen LogP contribution < -0.4 is 5.32 Å². The van der Waals surface area contributed by atoms with Crippen molar-refractivity contribution in [1.29, 1.82) is 0 Å². The van der Waals surface area contributed by atoms with Crippen LogP contribution >= 0.6 is 0 Å². The van der Waals surface area contributed by atoms with Gasteiger partial charge in [0.2, 0.25) is 0 Å². The number of piperidine rings is 1. The molecule has 2 fully saturated rings. The molecule has 118 valence electrons. The standard InChI is InChI=1S/C17H34N2O/c1-4-16-6-5-8-19(11-16)13-17(7-9-20-14-17)12-18-10-15(2)3/h15-16,18H,4-14H2,1-3H3. The summed E-state index contributed by atoms with van der Waals surface area (Å²) in [6.45, 7) is 14.9. The Morgan fingerprint density at radius 1 is 1.40 bits per heavy atom. The van der Waals surface area contributed by atoms with Crippen molar-refractivity contribution in [3.8, 4) is 0 Å². The molecular formula is C17H34N2O. The Morgan fingerprint density at radius 2 is 2.25 bits per heavy atom. The van der Waals surface area contributed by atoms with Crippen molar-refractivity contribution in [2.24, 2.45) is 17.3 Å². The molecule has 2 rings (SSSR count). The van der Waals surface area contributed by atoms with Gasteiger partial charge in [-0.3, -0.25) is 0 Å². The van der Waals surface area contributed by atoms with Crippen molar-refractivity contribution in [3.05, 3.63) is 0 Å². The summed E-state index contributed by atoms with van der Waals surface area (Å²) in [5.74, 6) is 1.65. The summed E-state index contributed by atoms with van der Waals surface area (Å²) in [6, 6.07) is 0. The zero-order valence-electron chi connectivity index (χ0n) is 13.8. The summed E-state index contributed by atoms with van der Waals surface area (Å²) in [6.07, 6.45) is 5.38. The van der Waals surface area contributed by atoms with Crippen LogP contribution in [0.3, 0.4) is 0 Å². The molecule has 0 spiro atoms. The highest BCUT2D eigenvalue weighted by atomic mass is 16.5. The van der Waals surface area contributed by atoms with Gasteiger partial charge in [-0.25, -0.2) is 0 Å². The maximum atomic E-state index is 5.75. The molecule has 0 aromatic heterocycles. The fraction of sp³-hybridized carbons (Fsp3) is 1.00. The van der Waals surface area contributed by atoms with Crippen molar-refractivity contribution in [2.45, 2.75) is 46.5 Å².